The molecule has 5 rings (SSSR count). The Morgan fingerprint density at radius 1 is 1.03 bits per heavy atom. The van der Waals surface area contributed by atoms with E-state index < -0.39 is 17.2 Å². The van der Waals surface area contributed by atoms with Gasteiger partial charge in [0.25, 0.3) is 5.91 Å². The summed E-state index contributed by atoms with van der Waals surface area (Å²) < 4.78 is 30.9. The summed E-state index contributed by atoms with van der Waals surface area (Å²) in [6.07, 6.45) is 2.61. The molecule has 180 valence electrons. The minimum atomic E-state index is -0.656. The first-order valence-corrected chi connectivity index (χ1v) is 11.8. The molecule has 5 nitrogen and oxygen atoms in total. The summed E-state index contributed by atoms with van der Waals surface area (Å²) in [6, 6.07) is 14.2. The van der Waals surface area contributed by atoms with Crippen molar-refractivity contribution in [2.75, 3.05) is 0 Å². The maximum atomic E-state index is 14.6. The number of aromatic nitrogens is 2. The molecular formula is C28H27F2N3O2. The second-order valence-electron chi connectivity index (χ2n) is 9.58. The highest BCUT2D eigenvalue weighted by molar-refractivity contribution is 5.97. The molecule has 0 spiro atoms. The van der Waals surface area contributed by atoms with E-state index >= 15 is 0 Å². The van der Waals surface area contributed by atoms with Crippen molar-refractivity contribution in [1.82, 2.24) is 14.9 Å². The molecule has 0 radical (unpaired) electrons. The maximum Gasteiger partial charge on any atom is 0.253 e. The Morgan fingerprint density at radius 2 is 1.69 bits per heavy atom. The molecule has 2 heterocycles. The van der Waals surface area contributed by atoms with E-state index in [0.717, 1.165) is 24.8 Å². The maximum absolute atomic E-state index is 14.6. The number of hydrogen-bond acceptors (Lipinski definition) is 3. The van der Waals surface area contributed by atoms with Crippen LogP contribution in [-0.4, -0.2) is 20.6 Å². The molecule has 1 aliphatic carbocycles. The average Bonchev–Trinajstić information content (AvgIpc) is 3.11. The van der Waals surface area contributed by atoms with E-state index in [1.807, 2.05) is 26.0 Å². The first-order chi connectivity index (χ1) is 16.7. The van der Waals surface area contributed by atoms with Crippen LogP contribution in [0.2, 0.25) is 0 Å². The molecule has 7 heteroatoms. The van der Waals surface area contributed by atoms with Gasteiger partial charge in [0.1, 0.15) is 17.4 Å². The molecule has 2 N–H and O–H groups in total. The van der Waals surface area contributed by atoms with E-state index in [1.54, 1.807) is 35.7 Å². The number of aromatic hydroxyl groups is 1. The lowest BCUT2D eigenvalue weighted by Crippen LogP contribution is -2.51. The summed E-state index contributed by atoms with van der Waals surface area (Å²) in [6.45, 7) is 5.64. The molecule has 35 heavy (non-hydrogen) atoms. The number of pyridine rings is 1. The third-order valence-electron chi connectivity index (χ3n) is 6.99. The molecular weight excluding hydrogens is 448 g/mol. The average molecular weight is 476 g/mol. The number of hydrogen-bond donors (Lipinski definition) is 2. The van der Waals surface area contributed by atoms with Crippen molar-refractivity contribution in [2.24, 2.45) is 0 Å². The number of fused-ring (bicyclic) bond motifs is 1. The van der Waals surface area contributed by atoms with Crippen LogP contribution in [0.4, 0.5) is 8.78 Å². The Kier molecular flexibility index (Phi) is 5.58. The summed E-state index contributed by atoms with van der Waals surface area (Å²) in [5.41, 5.74) is 2.90. The SMILES string of the molecule is Cc1nn2c(C(C)C)c(C(=O)NC3(c4ccc(O)cc4)CCC3)ccc2c1-c1c(F)cccc1F. The van der Waals surface area contributed by atoms with E-state index in [9.17, 15) is 18.7 Å². The topological polar surface area (TPSA) is 66.6 Å². The number of nitrogens with zero attached hydrogens (tertiary/aromatic N) is 2. The van der Waals surface area contributed by atoms with Gasteiger partial charge in [-0.05, 0) is 74.1 Å². The molecule has 0 unspecified atom stereocenters. The monoisotopic (exact) mass is 475 g/mol. The van der Waals surface area contributed by atoms with E-state index in [4.69, 9.17) is 0 Å². The number of benzene rings is 2. The molecule has 1 amide bonds. The van der Waals surface area contributed by atoms with Crippen molar-refractivity contribution in [1.29, 1.82) is 0 Å². The zero-order valence-electron chi connectivity index (χ0n) is 19.9. The molecule has 0 aliphatic heterocycles. The lowest BCUT2D eigenvalue weighted by atomic mass is 9.71. The molecule has 1 aliphatic rings. The fourth-order valence-electron chi connectivity index (χ4n) is 5.12. The van der Waals surface area contributed by atoms with Crippen LogP contribution in [-0.2, 0) is 5.54 Å². The second kappa shape index (κ2) is 8.48. The summed E-state index contributed by atoms with van der Waals surface area (Å²) in [7, 11) is 0. The van der Waals surface area contributed by atoms with Gasteiger partial charge < -0.3 is 10.4 Å². The first kappa shape index (κ1) is 23.0. The van der Waals surface area contributed by atoms with Crippen LogP contribution in [0.3, 0.4) is 0 Å². The number of rotatable bonds is 5. The van der Waals surface area contributed by atoms with Gasteiger partial charge in [0.2, 0.25) is 0 Å². The first-order valence-electron chi connectivity index (χ1n) is 11.8. The number of phenolic OH excluding ortho intramolecular Hbond substituents is 1. The van der Waals surface area contributed by atoms with E-state index in [1.165, 1.54) is 18.2 Å². The van der Waals surface area contributed by atoms with E-state index in [0.29, 0.717) is 28.0 Å². The lowest BCUT2D eigenvalue weighted by molar-refractivity contribution is 0.0821. The molecule has 0 saturated heterocycles. The number of aryl methyl sites for hydroxylation is 1. The van der Waals surface area contributed by atoms with Crippen LogP contribution in [0.25, 0.3) is 16.6 Å². The number of nitrogens with one attached hydrogen (secondary N) is 1. The molecule has 0 bridgehead atoms. The lowest BCUT2D eigenvalue weighted by Gasteiger charge is -2.43. The van der Waals surface area contributed by atoms with Gasteiger partial charge in [-0.15, -0.1) is 0 Å². The third kappa shape index (κ3) is 3.75. The Bertz CT molecular complexity index is 1420. The normalized spacial score (nSPS) is 14.8. The number of halogens is 2. The van der Waals surface area contributed by atoms with Crippen molar-refractivity contribution >= 4 is 11.4 Å². The van der Waals surface area contributed by atoms with Gasteiger partial charge in [0, 0.05) is 5.56 Å². The van der Waals surface area contributed by atoms with Crippen molar-refractivity contribution in [3.63, 3.8) is 0 Å². The Hall–Kier alpha value is -3.74. The van der Waals surface area contributed by atoms with Crippen LogP contribution < -0.4 is 5.32 Å². The van der Waals surface area contributed by atoms with Crippen molar-refractivity contribution in [2.45, 2.75) is 51.5 Å². The largest absolute Gasteiger partial charge is 0.508 e. The standard InChI is InChI=1S/C28H27F2N3O2/c1-16(2)26-20(27(35)31-28(14-5-15-28)18-8-10-19(34)11-9-18)12-13-23-24(17(3)32-33(23)26)25-21(29)6-4-7-22(25)30/h4,6-13,16,34H,5,14-15H2,1-3H3,(H,31,35). The highest BCUT2D eigenvalue weighted by Gasteiger charge is 2.40. The molecule has 4 aromatic rings. The van der Waals surface area contributed by atoms with Gasteiger partial charge in [-0.3, -0.25) is 4.79 Å². The van der Waals surface area contributed by atoms with Crippen molar-refractivity contribution < 1.29 is 18.7 Å². The molecule has 0 atom stereocenters. The van der Waals surface area contributed by atoms with E-state index in [2.05, 4.69) is 10.4 Å². The Morgan fingerprint density at radius 3 is 2.26 bits per heavy atom. The highest BCUT2D eigenvalue weighted by Crippen LogP contribution is 2.42. The van der Waals surface area contributed by atoms with E-state index in [-0.39, 0.29) is 23.1 Å². The van der Waals surface area contributed by atoms with Gasteiger partial charge in [0.15, 0.2) is 0 Å². The van der Waals surface area contributed by atoms with Gasteiger partial charge >= 0.3 is 0 Å². The zero-order chi connectivity index (χ0) is 24.9. The minimum absolute atomic E-state index is 0.0805. The predicted molar refractivity (Wildman–Crippen MR) is 130 cm³/mol. The second-order valence-corrected chi connectivity index (χ2v) is 9.58. The van der Waals surface area contributed by atoms with Crippen molar-refractivity contribution in [3.05, 3.63) is 88.7 Å². The van der Waals surface area contributed by atoms with Crippen molar-refractivity contribution in [3.8, 4) is 16.9 Å². The summed E-state index contributed by atoms with van der Waals surface area (Å²) in [4.78, 5) is 13.6. The quantitative estimate of drug-likeness (QED) is 0.360. The number of carbonyl (C=O) groups is 1. The zero-order valence-corrected chi connectivity index (χ0v) is 19.9. The fraction of sp³-hybridized carbons (Fsp3) is 0.286. The Labute approximate surface area is 202 Å². The van der Waals surface area contributed by atoms with Crippen LogP contribution in [0.15, 0.2) is 54.6 Å². The molecule has 2 aromatic heterocycles. The van der Waals surface area contributed by atoms with Crippen LogP contribution in [0, 0.1) is 18.6 Å². The van der Waals surface area contributed by atoms with Gasteiger partial charge in [-0.1, -0.05) is 32.0 Å². The molecule has 2 aromatic carbocycles. The number of phenols is 1. The van der Waals surface area contributed by atoms with Crippen LogP contribution >= 0.6 is 0 Å². The summed E-state index contributed by atoms with van der Waals surface area (Å²) in [5, 5.41) is 17.5. The van der Waals surface area contributed by atoms with Gasteiger partial charge in [-0.2, -0.15) is 5.10 Å². The summed E-state index contributed by atoms with van der Waals surface area (Å²) in [5.74, 6) is -1.44. The molecule has 1 fully saturated rings. The third-order valence-corrected chi connectivity index (χ3v) is 6.99. The summed E-state index contributed by atoms with van der Waals surface area (Å²) >= 11 is 0. The Balaban J connectivity index is 1.61. The van der Waals surface area contributed by atoms with Crippen LogP contribution in [0.1, 0.15) is 66.3 Å². The number of carbonyl (C=O) groups excluding carboxylic acids is 1. The predicted octanol–water partition coefficient (Wildman–Crippen LogP) is 6.23. The van der Waals surface area contributed by atoms with Crippen LogP contribution in [0.5, 0.6) is 5.75 Å². The number of amides is 1. The van der Waals surface area contributed by atoms with Gasteiger partial charge in [-0.25, -0.2) is 13.3 Å². The highest BCUT2D eigenvalue weighted by atomic mass is 19.1. The smallest absolute Gasteiger partial charge is 0.253 e. The fourth-order valence-corrected chi connectivity index (χ4v) is 5.12. The molecule has 1 saturated carbocycles. The van der Waals surface area contributed by atoms with Gasteiger partial charge in [0.05, 0.1) is 33.6 Å². The minimum Gasteiger partial charge on any atom is -0.508 e.